The van der Waals surface area contributed by atoms with Crippen LogP contribution in [-0.4, -0.2) is 18.1 Å². The van der Waals surface area contributed by atoms with Gasteiger partial charge in [0.05, 0.1) is 19.1 Å². The van der Waals surface area contributed by atoms with Crippen LogP contribution in [0.5, 0.6) is 0 Å². The fourth-order valence-electron chi connectivity index (χ4n) is 1.26. The van der Waals surface area contributed by atoms with E-state index in [1.54, 1.807) is 28.7 Å². The maximum Gasteiger partial charge on any atom is 0.310 e. The molecule has 1 aromatic rings. The predicted octanol–water partition coefficient (Wildman–Crippen LogP) is 2.21. The highest BCUT2D eigenvalue weighted by Crippen LogP contribution is 2.29. The third-order valence-electron chi connectivity index (χ3n) is 2.05. The molecule has 0 aliphatic rings. The van der Waals surface area contributed by atoms with E-state index in [9.17, 15) is 13.6 Å². The van der Waals surface area contributed by atoms with Crippen LogP contribution in [0, 0.1) is 14.9 Å². The molecule has 0 radical (unpaired) electrons. The highest BCUT2D eigenvalue weighted by Gasteiger charge is 2.23. The van der Waals surface area contributed by atoms with Gasteiger partial charge < -0.3 is 4.74 Å². The van der Waals surface area contributed by atoms with Crippen molar-refractivity contribution in [1.82, 2.24) is 4.98 Å². The Labute approximate surface area is 110 Å². The first-order chi connectivity index (χ1) is 8.01. The van der Waals surface area contributed by atoms with Crippen LogP contribution in [0.4, 0.5) is 8.78 Å². The number of hydrogen-bond donors (Lipinski definition) is 0. The molecule has 1 heterocycles. The second kappa shape index (κ2) is 5.86. The summed E-state index contributed by atoms with van der Waals surface area (Å²) < 4.78 is 30.6. The quantitative estimate of drug-likeness (QED) is 0.618. The largest absolute Gasteiger partial charge is 0.469 e. The maximum absolute atomic E-state index is 12.9. The molecule has 1 aromatic heterocycles. The van der Waals surface area contributed by atoms with Gasteiger partial charge in [-0.25, -0.2) is 13.8 Å². The van der Waals surface area contributed by atoms with Crippen molar-refractivity contribution in [2.24, 2.45) is 0 Å². The molecule has 0 aliphatic carbocycles. The van der Waals surface area contributed by atoms with E-state index in [2.05, 4.69) is 9.72 Å². The third kappa shape index (κ3) is 3.09. The summed E-state index contributed by atoms with van der Waals surface area (Å²) >= 11 is 1.79. The Morgan fingerprint density at radius 3 is 2.82 bits per heavy atom. The number of ether oxygens (including phenoxy) is 1. The Morgan fingerprint density at radius 2 is 2.35 bits per heavy atom. The highest BCUT2D eigenvalue weighted by molar-refractivity contribution is 14.1. The van der Waals surface area contributed by atoms with Crippen molar-refractivity contribution < 1.29 is 18.3 Å². The molecule has 0 amide bonds. The van der Waals surface area contributed by atoms with Crippen molar-refractivity contribution in [2.75, 3.05) is 7.11 Å². The first-order valence-electron chi connectivity index (χ1n) is 4.43. The van der Waals surface area contributed by atoms with Gasteiger partial charge in [0.25, 0.3) is 6.43 Å². The number of esters is 1. The summed E-state index contributed by atoms with van der Waals surface area (Å²) in [7, 11) is 1.17. The molecule has 7 heteroatoms. The van der Waals surface area contributed by atoms with E-state index in [0.29, 0.717) is 3.57 Å². The summed E-state index contributed by atoms with van der Waals surface area (Å²) in [5, 5.41) is 8.71. The van der Waals surface area contributed by atoms with Crippen LogP contribution in [0.1, 0.15) is 23.2 Å². The van der Waals surface area contributed by atoms with Crippen LogP contribution in [0.2, 0.25) is 0 Å². The van der Waals surface area contributed by atoms with Gasteiger partial charge in [-0.1, -0.05) is 0 Å². The van der Waals surface area contributed by atoms with E-state index >= 15 is 0 Å². The normalized spacial score (nSPS) is 10.1. The summed E-state index contributed by atoms with van der Waals surface area (Å²) in [4.78, 5) is 14.7. The van der Waals surface area contributed by atoms with Crippen LogP contribution in [0.3, 0.4) is 0 Å². The highest BCUT2D eigenvalue weighted by atomic mass is 127. The lowest BCUT2D eigenvalue weighted by atomic mass is 10.0. The number of alkyl halides is 2. The van der Waals surface area contributed by atoms with Crippen LogP contribution < -0.4 is 0 Å². The van der Waals surface area contributed by atoms with Crippen LogP contribution in [0.15, 0.2) is 6.20 Å². The molecule has 0 N–H and O–H groups in total. The molecular weight excluding hydrogens is 345 g/mol. The van der Waals surface area contributed by atoms with Gasteiger partial charge in [-0.2, -0.15) is 5.26 Å². The van der Waals surface area contributed by atoms with E-state index in [4.69, 9.17) is 5.26 Å². The van der Waals surface area contributed by atoms with Gasteiger partial charge in [0.1, 0.15) is 11.8 Å². The number of halogens is 3. The van der Waals surface area contributed by atoms with E-state index < -0.39 is 18.0 Å². The molecule has 0 aromatic carbocycles. The smallest absolute Gasteiger partial charge is 0.310 e. The summed E-state index contributed by atoms with van der Waals surface area (Å²) in [5.74, 6) is -0.639. The van der Waals surface area contributed by atoms with E-state index in [1.807, 2.05) is 0 Å². The molecule has 0 atom stereocenters. The average Bonchev–Trinajstić information content (AvgIpc) is 2.30. The molecule has 0 bridgehead atoms. The van der Waals surface area contributed by atoms with Gasteiger partial charge >= 0.3 is 5.97 Å². The van der Waals surface area contributed by atoms with Crippen molar-refractivity contribution in [3.8, 4) is 6.07 Å². The molecule has 0 unspecified atom stereocenters. The number of carbonyl (C=O) groups excluding carboxylic acids is 1. The molecule has 17 heavy (non-hydrogen) atoms. The third-order valence-corrected chi connectivity index (χ3v) is 2.98. The second-order valence-corrected chi connectivity index (χ2v) is 4.17. The van der Waals surface area contributed by atoms with Crippen molar-refractivity contribution in [3.63, 3.8) is 0 Å². The molecule has 90 valence electrons. The summed E-state index contributed by atoms with van der Waals surface area (Å²) in [5.41, 5.74) is -0.761. The second-order valence-electron chi connectivity index (χ2n) is 3.01. The van der Waals surface area contributed by atoms with E-state index in [1.165, 1.54) is 13.3 Å². The fourth-order valence-corrected chi connectivity index (χ4v) is 1.88. The van der Waals surface area contributed by atoms with Crippen LogP contribution in [-0.2, 0) is 16.0 Å². The molecule has 4 nitrogen and oxygen atoms in total. The summed E-state index contributed by atoms with van der Waals surface area (Å²) in [6.45, 7) is 0. The first-order valence-corrected chi connectivity index (χ1v) is 5.51. The number of hydrogen-bond acceptors (Lipinski definition) is 4. The van der Waals surface area contributed by atoms with Gasteiger partial charge in [-0.05, 0) is 28.2 Å². The monoisotopic (exact) mass is 352 g/mol. The number of methoxy groups -OCH3 is 1. The van der Waals surface area contributed by atoms with Crippen molar-refractivity contribution in [3.05, 3.63) is 26.6 Å². The van der Waals surface area contributed by atoms with Gasteiger partial charge in [0.2, 0.25) is 0 Å². The van der Waals surface area contributed by atoms with Gasteiger partial charge in [0.15, 0.2) is 0 Å². The SMILES string of the molecule is COC(=O)Cc1c(I)cnc(C#N)c1C(F)F. The van der Waals surface area contributed by atoms with E-state index in [0.717, 1.165) is 0 Å². The fraction of sp³-hybridized carbons (Fsp3) is 0.300. The molecular formula is C10H7F2IN2O2. The van der Waals surface area contributed by atoms with Gasteiger partial charge in [-0.15, -0.1) is 0 Å². The molecule has 0 saturated carbocycles. The topological polar surface area (TPSA) is 63.0 Å². The minimum atomic E-state index is -2.86. The Hall–Kier alpha value is -1.30. The number of pyridine rings is 1. The molecule has 1 rings (SSSR count). The van der Waals surface area contributed by atoms with Crippen molar-refractivity contribution in [1.29, 1.82) is 5.26 Å². The number of aromatic nitrogens is 1. The Morgan fingerprint density at radius 1 is 1.71 bits per heavy atom. The van der Waals surface area contributed by atoms with Crippen LogP contribution in [0.25, 0.3) is 0 Å². The number of nitrogens with zero attached hydrogens (tertiary/aromatic N) is 2. The standard InChI is InChI=1S/C10H7F2IN2O2/c1-17-8(16)2-5-6(13)4-15-7(3-14)9(5)10(11)12/h4,10H,2H2,1H3. The Balaban J connectivity index is 3.35. The molecule has 0 spiro atoms. The number of nitriles is 1. The Kier molecular flexibility index (Phi) is 4.74. The van der Waals surface area contributed by atoms with Gasteiger partial charge in [0, 0.05) is 9.77 Å². The number of rotatable bonds is 3. The van der Waals surface area contributed by atoms with Crippen molar-refractivity contribution in [2.45, 2.75) is 12.8 Å². The Bertz CT molecular complexity index is 486. The first kappa shape index (κ1) is 13.8. The zero-order chi connectivity index (χ0) is 13.0. The zero-order valence-corrected chi connectivity index (χ0v) is 10.9. The average molecular weight is 352 g/mol. The van der Waals surface area contributed by atoms with Gasteiger partial charge in [-0.3, -0.25) is 4.79 Å². The molecule has 0 saturated heterocycles. The zero-order valence-electron chi connectivity index (χ0n) is 8.71. The minimum absolute atomic E-state index is 0.0963. The lowest BCUT2D eigenvalue weighted by molar-refractivity contribution is -0.139. The van der Waals surface area contributed by atoms with Crippen molar-refractivity contribution >= 4 is 28.6 Å². The number of carbonyl (C=O) groups is 1. The lowest BCUT2D eigenvalue weighted by Crippen LogP contribution is -2.11. The summed E-state index contributed by atoms with van der Waals surface area (Å²) in [6, 6.07) is 1.59. The maximum atomic E-state index is 12.9. The van der Waals surface area contributed by atoms with Crippen LogP contribution >= 0.6 is 22.6 Å². The molecule has 0 fully saturated rings. The molecule has 0 aliphatic heterocycles. The minimum Gasteiger partial charge on any atom is -0.469 e. The van der Waals surface area contributed by atoms with E-state index in [-0.39, 0.29) is 17.7 Å². The summed E-state index contributed by atoms with van der Waals surface area (Å²) in [6.07, 6.45) is -1.87. The predicted molar refractivity (Wildman–Crippen MR) is 62.3 cm³/mol. The lowest BCUT2D eigenvalue weighted by Gasteiger charge is -2.10.